The van der Waals surface area contributed by atoms with Crippen LogP contribution in [0.1, 0.15) is 83.1 Å². The molecule has 1 fully saturated rings. The predicted octanol–water partition coefficient (Wildman–Crippen LogP) is 4.24. The molecule has 0 saturated carbocycles. The summed E-state index contributed by atoms with van der Waals surface area (Å²) in [5.74, 6) is -0.0101. The third kappa shape index (κ3) is 11.9. The molecule has 32 heavy (non-hydrogen) atoms. The number of ether oxygens (including phenoxy) is 1. The van der Waals surface area contributed by atoms with E-state index < -0.39 is 0 Å². The molecule has 0 spiro atoms. The van der Waals surface area contributed by atoms with Gasteiger partial charge in [-0.25, -0.2) is 4.79 Å². The van der Waals surface area contributed by atoms with E-state index in [2.05, 4.69) is 53.2 Å². The summed E-state index contributed by atoms with van der Waals surface area (Å²) in [5, 5.41) is 0. The SMILES string of the molecule is CCCCCCCCCCOC(=O)C[N+]1(C/C=C/Cc2ccccc2Br)CCCCC1.[Cl-]. The van der Waals surface area contributed by atoms with Gasteiger partial charge in [-0.3, -0.25) is 0 Å². The summed E-state index contributed by atoms with van der Waals surface area (Å²) in [7, 11) is 0. The van der Waals surface area contributed by atoms with Gasteiger partial charge in [0.05, 0.1) is 26.2 Å². The standard InChI is InChI=1S/C27H43BrNO2.ClH/c1-2-3-4-5-6-7-8-16-23-31-27(30)24-29(20-13-9-14-21-29)22-15-12-18-25-17-10-11-19-26(25)28;/h10-12,15,17,19H,2-9,13-14,16,18,20-24H2,1H3;1H/q+1;/p-1/b15-12+;. The summed E-state index contributed by atoms with van der Waals surface area (Å²) in [6, 6.07) is 8.37. The fraction of sp³-hybridized carbons (Fsp3) is 0.667. The molecular weight excluding hydrogens is 486 g/mol. The zero-order valence-corrected chi connectivity index (χ0v) is 22.3. The zero-order valence-electron chi connectivity index (χ0n) is 20.0. The highest BCUT2D eigenvalue weighted by atomic mass is 79.9. The number of rotatable bonds is 15. The molecule has 0 radical (unpaired) electrons. The maximum absolute atomic E-state index is 12.6. The van der Waals surface area contributed by atoms with E-state index >= 15 is 0 Å². The Morgan fingerprint density at radius 1 is 0.969 bits per heavy atom. The first kappa shape index (κ1) is 29.2. The second kappa shape index (κ2) is 17.6. The summed E-state index contributed by atoms with van der Waals surface area (Å²) in [6.07, 6.45) is 19.3. The van der Waals surface area contributed by atoms with Gasteiger partial charge in [-0.2, -0.15) is 0 Å². The molecule has 0 bridgehead atoms. The molecule has 0 amide bonds. The van der Waals surface area contributed by atoms with Crippen molar-refractivity contribution >= 4 is 21.9 Å². The van der Waals surface area contributed by atoms with Crippen LogP contribution in [-0.4, -0.2) is 43.2 Å². The van der Waals surface area contributed by atoms with Crippen LogP contribution in [0, 0.1) is 0 Å². The van der Waals surface area contributed by atoms with Gasteiger partial charge in [0, 0.05) is 4.47 Å². The molecule has 2 rings (SSSR count). The first-order valence-corrected chi connectivity index (χ1v) is 13.3. The maximum Gasteiger partial charge on any atom is 0.361 e. The molecule has 3 nitrogen and oxygen atoms in total. The van der Waals surface area contributed by atoms with Gasteiger partial charge in [0.2, 0.25) is 0 Å². The fourth-order valence-electron chi connectivity index (χ4n) is 4.50. The third-order valence-electron chi connectivity index (χ3n) is 6.45. The average Bonchev–Trinajstić information content (AvgIpc) is 2.77. The van der Waals surface area contributed by atoms with Crippen LogP contribution in [0.3, 0.4) is 0 Å². The molecule has 0 aliphatic carbocycles. The highest BCUT2D eigenvalue weighted by Crippen LogP contribution is 2.20. The van der Waals surface area contributed by atoms with E-state index in [1.807, 2.05) is 6.07 Å². The molecule has 0 N–H and O–H groups in total. The van der Waals surface area contributed by atoms with Crippen molar-refractivity contribution in [3.63, 3.8) is 0 Å². The molecule has 1 aromatic carbocycles. The summed E-state index contributed by atoms with van der Waals surface area (Å²) in [5.41, 5.74) is 1.30. The van der Waals surface area contributed by atoms with E-state index in [9.17, 15) is 4.79 Å². The van der Waals surface area contributed by atoms with Gasteiger partial charge in [-0.15, -0.1) is 0 Å². The lowest BCUT2D eigenvalue weighted by Crippen LogP contribution is -3.00. The van der Waals surface area contributed by atoms with Crippen molar-refractivity contribution in [2.24, 2.45) is 0 Å². The molecule has 1 aromatic rings. The van der Waals surface area contributed by atoms with Gasteiger partial charge < -0.3 is 21.6 Å². The molecule has 1 heterocycles. The lowest BCUT2D eigenvalue weighted by atomic mass is 10.1. The van der Waals surface area contributed by atoms with Gasteiger partial charge in [-0.05, 0) is 49.8 Å². The first-order chi connectivity index (χ1) is 15.2. The quantitative estimate of drug-likeness (QED) is 0.147. The minimum absolute atomic E-state index is 0. The number of hydrogen-bond donors (Lipinski definition) is 0. The monoisotopic (exact) mass is 527 g/mol. The number of unbranched alkanes of at least 4 members (excludes halogenated alkanes) is 7. The second-order valence-corrected chi connectivity index (χ2v) is 10.0. The molecule has 1 aliphatic heterocycles. The van der Waals surface area contributed by atoms with Crippen LogP contribution in [0.5, 0.6) is 0 Å². The van der Waals surface area contributed by atoms with Crippen LogP contribution < -0.4 is 12.4 Å². The van der Waals surface area contributed by atoms with Crippen molar-refractivity contribution in [2.45, 2.75) is 84.0 Å². The van der Waals surface area contributed by atoms with Crippen molar-refractivity contribution in [1.82, 2.24) is 0 Å². The number of allylic oxidation sites excluding steroid dienone is 1. The van der Waals surface area contributed by atoms with Crippen molar-refractivity contribution in [1.29, 1.82) is 0 Å². The Morgan fingerprint density at radius 3 is 2.31 bits per heavy atom. The Labute approximate surface area is 211 Å². The number of carbonyl (C=O) groups excluding carboxylic acids is 1. The van der Waals surface area contributed by atoms with E-state index in [4.69, 9.17) is 4.74 Å². The van der Waals surface area contributed by atoms with E-state index in [1.165, 1.54) is 69.8 Å². The maximum atomic E-state index is 12.6. The van der Waals surface area contributed by atoms with E-state index in [0.717, 1.165) is 41.4 Å². The number of hydrogen-bond acceptors (Lipinski definition) is 2. The molecule has 182 valence electrons. The Kier molecular flexibility index (Phi) is 16.1. The Bertz CT molecular complexity index is 659. The van der Waals surface area contributed by atoms with Crippen LogP contribution in [0.2, 0.25) is 0 Å². The van der Waals surface area contributed by atoms with Crippen LogP contribution >= 0.6 is 15.9 Å². The Balaban J connectivity index is 0.00000512. The molecule has 0 atom stereocenters. The fourth-order valence-corrected chi connectivity index (χ4v) is 4.95. The highest BCUT2D eigenvalue weighted by molar-refractivity contribution is 9.10. The smallest absolute Gasteiger partial charge is 0.361 e. The molecule has 5 heteroatoms. The van der Waals surface area contributed by atoms with E-state index in [-0.39, 0.29) is 18.4 Å². The van der Waals surface area contributed by atoms with Crippen LogP contribution in [0.25, 0.3) is 0 Å². The van der Waals surface area contributed by atoms with Gasteiger partial charge in [0.15, 0.2) is 6.54 Å². The highest BCUT2D eigenvalue weighted by Gasteiger charge is 2.32. The normalized spacial score (nSPS) is 15.4. The first-order valence-electron chi connectivity index (χ1n) is 12.5. The number of piperidine rings is 1. The summed E-state index contributed by atoms with van der Waals surface area (Å²) < 4.78 is 7.64. The topological polar surface area (TPSA) is 26.3 Å². The lowest BCUT2D eigenvalue weighted by molar-refractivity contribution is -0.920. The van der Waals surface area contributed by atoms with Crippen LogP contribution in [0.15, 0.2) is 40.9 Å². The van der Waals surface area contributed by atoms with Crippen molar-refractivity contribution < 1.29 is 26.4 Å². The van der Waals surface area contributed by atoms with Gasteiger partial charge in [0.1, 0.15) is 0 Å². The van der Waals surface area contributed by atoms with Gasteiger partial charge >= 0.3 is 5.97 Å². The lowest BCUT2D eigenvalue weighted by Gasteiger charge is -2.39. The van der Waals surface area contributed by atoms with Crippen molar-refractivity contribution in [2.75, 3.05) is 32.8 Å². The third-order valence-corrected chi connectivity index (χ3v) is 7.22. The minimum Gasteiger partial charge on any atom is -1.00 e. The molecule has 1 aliphatic rings. The van der Waals surface area contributed by atoms with E-state index in [1.54, 1.807) is 0 Å². The Hall–Kier alpha value is -0.840. The Morgan fingerprint density at radius 2 is 1.62 bits per heavy atom. The van der Waals surface area contributed by atoms with Crippen LogP contribution in [-0.2, 0) is 16.0 Å². The van der Waals surface area contributed by atoms with Crippen molar-refractivity contribution in [3.8, 4) is 0 Å². The zero-order chi connectivity index (χ0) is 22.2. The van der Waals surface area contributed by atoms with Gasteiger partial charge in [0.25, 0.3) is 0 Å². The molecule has 0 unspecified atom stereocenters. The van der Waals surface area contributed by atoms with E-state index in [0.29, 0.717) is 13.2 Å². The second-order valence-electron chi connectivity index (χ2n) is 9.15. The predicted molar refractivity (Wildman–Crippen MR) is 134 cm³/mol. The molecule has 1 saturated heterocycles. The number of halogens is 2. The summed E-state index contributed by atoms with van der Waals surface area (Å²) in [4.78, 5) is 12.6. The average molecular weight is 529 g/mol. The largest absolute Gasteiger partial charge is 1.00 e. The number of esters is 1. The molecule has 0 aromatic heterocycles. The van der Waals surface area contributed by atoms with Gasteiger partial charge in [-0.1, -0.05) is 92.1 Å². The van der Waals surface area contributed by atoms with Crippen molar-refractivity contribution in [3.05, 3.63) is 46.5 Å². The number of likely N-dealkylation sites (tertiary alicyclic amines) is 1. The minimum atomic E-state index is -0.0101. The van der Waals surface area contributed by atoms with Crippen LogP contribution in [0.4, 0.5) is 0 Å². The summed E-state index contributed by atoms with van der Waals surface area (Å²) in [6.45, 7) is 6.47. The molecular formula is C27H43BrClNO2. The number of carbonyl (C=O) groups is 1. The number of quaternary nitrogens is 1. The summed E-state index contributed by atoms with van der Waals surface area (Å²) >= 11 is 3.62. The number of nitrogens with zero attached hydrogens (tertiary/aromatic N) is 1. The number of benzene rings is 1.